The summed E-state index contributed by atoms with van der Waals surface area (Å²) in [6.45, 7) is 0.911. The second kappa shape index (κ2) is 6.24. The molecule has 4 rings (SSSR count). The number of rotatable bonds is 3. The fraction of sp³-hybridized carbons (Fsp3) is 0.278. The van der Waals surface area contributed by atoms with Crippen LogP contribution in [-0.2, 0) is 10.0 Å². The van der Waals surface area contributed by atoms with Crippen molar-refractivity contribution in [3.63, 3.8) is 0 Å². The van der Waals surface area contributed by atoms with E-state index in [1.165, 1.54) is 34.1 Å². The molecule has 0 radical (unpaired) electrons. The SMILES string of the molecule is O=S(=O)(c1ccc(F)cc1)N1CCC(c2c[nH]c3ncccc23)CC1. The summed E-state index contributed by atoms with van der Waals surface area (Å²) in [5.74, 6) is -0.136. The first-order valence-corrected chi connectivity index (χ1v) is 9.67. The zero-order valence-corrected chi connectivity index (χ0v) is 14.3. The minimum atomic E-state index is -3.57. The number of aromatic nitrogens is 2. The predicted molar refractivity (Wildman–Crippen MR) is 93.2 cm³/mol. The number of benzene rings is 1. The fourth-order valence-corrected chi connectivity index (χ4v) is 4.95. The molecule has 0 saturated carbocycles. The zero-order valence-electron chi connectivity index (χ0n) is 13.5. The molecule has 0 atom stereocenters. The molecule has 0 bridgehead atoms. The highest BCUT2D eigenvalue weighted by Gasteiger charge is 2.30. The first-order valence-electron chi connectivity index (χ1n) is 8.23. The second-order valence-electron chi connectivity index (χ2n) is 6.28. The van der Waals surface area contributed by atoms with Crippen LogP contribution in [0.15, 0.2) is 53.7 Å². The Morgan fingerprint density at radius 3 is 2.56 bits per heavy atom. The van der Waals surface area contributed by atoms with Crippen LogP contribution in [0.2, 0.25) is 0 Å². The lowest BCUT2D eigenvalue weighted by Crippen LogP contribution is -2.37. The van der Waals surface area contributed by atoms with Gasteiger partial charge in [-0.15, -0.1) is 0 Å². The number of sulfonamides is 1. The van der Waals surface area contributed by atoms with E-state index in [4.69, 9.17) is 0 Å². The third-order valence-electron chi connectivity index (χ3n) is 4.83. The van der Waals surface area contributed by atoms with E-state index in [2.05, 4.69) is 9.97 Å². The van der Waals surface area contributed by atoms with Gasteiger partial charge in [0.25, 0.3) is 0 Å². The van der Waals surface area contributed by atoms with Gasteiger partial charge in [0, 0.05) is 30.9 Å². The van der Waals surface area contributed by atoms with Crippen LogP contribution in [-0.4, -0.2) is 35.8 Å². The van der Waals surface area contributed by atoms with Gasteiger partial charge in [0.2, 0.25) is 10.0 Å². The number of halogens is 1. The second-order valence-corrected chi connectivity index (χ2v) is 8.21. The molecule has 3 heterocycles. The van der Waals surface area contributed by atoms with Crippen molar-refractivity contribution in [3.8, 4) is 0 Å². The Labute approximate surface area is 145 Å². The monoisotopic (exact) mass is 359 g/mol. The van der Waals surface area contributed by atoms with Crippen molar-refractivity contribution in [2.45, 2.75) is 23.7 Å². The summed E-state index contributed by atoms with van der Waals surface area (Å²) >= 11 is 0. The van der Waals surface area contributed by atoms with Crippen molar-refractivity contribution in [1.82, 2.24) is 14.3 Å². The van der Waals surface area contributed by atoms with Crippen LogP contribution in [0.25, 0.3) is 11.0 Å². The van der Waals surface area contributed by atoms with Gasteiger partial charge in [0.15, 0.2) is 0 Å². The van der Waals surface area contributed by atoms with Crippen LogP contribution < -0.4 is 0 Å². The van der Waals surface area contributed by atoms with E-state index >= 15 is 0 Å². The van der Waals surface area contributed by atoms with Gasteiger partial charge in [-0.2, -0.15) is 4.31 Å². The Morgan fingerprint density at radius 1 is 1.12 bits per heavy atom. The summed E-state index contributed by atoms with van der Waals surface area (Å²) in [5.41, 5.74) is 2.06. The van der Waals surface area contributed by atoms with Crippen molar-refractivity contribution in [2.24, 2.45) is 0 Å². The molecule has 0 spiro atoms. The highest BCUT2D eigenvalue weighted by molar-refractivity contribution is 7.89. The average molecular weight is 359 g/mol. The maximum Gasteiger partial charge on any atom is 0.243 e. The van der Waals surface area contributed by atoms with E-state index in [-0.39, 0.29) is 4.90 Å². The lowest BCUT2D eigenvalue weighted by molar-refractivity contribution is 0.320. The number of nitrogens with zero attached hydrogens (tertiary/aromatic N) is 2. The summed E-state index contributed by atoms with van der Waals surface area (Å²) in [4.78, 5) is 7.63. The number of pyridine rings is 1. The summed E-state index contributed by atoms with van der Waals surface area (Å²) in [7, 11) is -3.57. The van der Waals surface area contributed by atoms with E-state index in [1.54, 1.807) is 6.20 Å². The minimum absolute atomic E-state index is 0.142. The van der Waals surface area contributed by atoms with Crippen LogP contribution in [0.1, 0.15) is 24.3 Å². The van der Waals surface area contributed by atoms with E-state index < -0.39 is 15.8 Å². The van der Waals surface area contributed by atoms with Crippen LogP contribution in [0.4, 0.5) is 4.39 Å². The van der Waals surface area contributed by atoms with Crippen molar-refractivity contribution >= 4 is 21.1 Å². The molecule has 0 amide bonds. The van der Waals surface area contributed by atoms with Crippen LogP contribution in [0.3, 0.4) is 0 Å². The number of hydrogen-bond donors (Lipinski definition) is 1. The highest BCUT2D eigenvalue weighted by Crippen LogP contribution is 2.34. The third kappa shape index (κ3) is 2.94. The number of nitrogens with one attached hydrogen (secondary N) is 1. The number of hydrogen-bond acceptors (Lipinski definition) is 3. The third-order valence-corrected chi connectivity index (χ3v) is 6.74. The van der Waals surface area contributed by atoms with Gasteiger partial charge >= 0.3 is 0 Å². The van der Waals surface area contributed by atoms with Gasteiger partial charge in [-0.3, -0.25) is 0 Å². The molecule has 1 fully saturated rings. The molecule has 7 heteroatoms. The van der Waals surface area contributed by atoms with Gasteiger partial charge in [0.05, 0.1) is 4.90 Å². The van der Waals surface area contributed by atoms with E-state index in [0.717, 1.165) is 23.9 Å². The molecular weight excluding hydrogens is 341 g/mol. The van der Waals surface area contributed by atoms with Crippen molar-refractivity contribution < 1.29 is 12.8 Å². The standard InChI is InChI=1S/C18H18FN3O2S/c19-14-3-5-15(6-4-14)25(23,24)22-10-7-13(8-11-22)17-12-21-18-16(17)2-1-9-20-18/h1-6,9,12-13H,7-8,10-11H2,(H,20,21). The Balaban J connectivity index is 1.52. The minimum Gasteiger partial charge on any atom is -0.346 e. The zero-order chi connectivity index (χ0) is 17.4. The number of piperidine rings is 1. The Morgan fingerprint density at radius 2 is 1.84 bits per heavy atom. The van der Waals surface area contributed by atoms with Crippen LogP contribution in [0, 0.1) is 5.82 Å². The van der Waals surface area contributed by atoms with Crippen LogP contribution in [0.5, 0.6) is 0 Å². The summed E-state index contributed by atoms with van der Waals surface area (Å²) in [6.07, 6.45) is 5.23. The lowest BCUT2D eigenvalue weighted by Gasteiger charge is -2.31. The molecule has 1 aliphatic heterocycles. The van der Waals surface area contributed by atoms with E-state index in [0.29, 0.717) is 19.0 Å². The topological polar surface area (TPSA) is 66.1 Å². The molecule has 5 nitrogen and oxygen atoms in total. The number of aromatic amines is 1. The molecule has 130 valence electrons. The van der Waals surface area contributed by atoms with Gasteiger partial charge in [0.1, 0.15) is 11.5 Å². The molecule has 0 aliphatic carbocycles. The van der Waals surface area contributed by atoms with Crippen molar-refractivity contribution in [1.29, 1.82) is 0 Å². The molecular formula is C18H18FN3O2S. The normalized spacial score (nSPS) is 17.2. The Bertz CT molecular complexity index is 991. The smallest absolute Gasteiger partial charge is 0.243 e. The predicted octanol–water partition coefficient (Wildman–Crippen LogP) is 3.27. The van der Waals surface area contributed by atoms with E-state index in [1.807, 2.05) is 18.3 Å². The molecule has 0 unspecified atom stereocenters. The quantitative estimate of drug-likeness (QED) is 0.780. The largest absolute Gasteiger partial charge is 0.346 e. The van der Waals surface area contributed by atoms with Crippen molar-refractivity contribution in [3.05, 3.63) is 60.2 Å². The lowest BCUT2D eigenvalue weighted by atomic mass is 9.90. The average Bonchev–Trinajstić information content (AvgIpc) is 3.06. The first-order chi connectivity index (χ1) is 12.1. The fourth-order valence-electron chi connectivity index (χ4n) is 3.48. The first kappa shape index (κ1) is 16.2. The summed E-state index contributed by atoms with van der Waals surface area (Å²) in [5, 5.41) is 1.10. The van der Waals surface area contributed by atoms with Gasteiger partial charge in [-0.25, -0.2) is 17.8 Å². The van der Waals surface area contributed by atoms with Gasteiger partial charge in [-0.1, -0.05) is 0 Å². The molecule has 1 N–H and O–H groups in total. The van der Waals surface area contributed by atoms with Gasteiger partial charge < -0.3 is 4.98 Å². The summed E-state index contributed by atoms with van der Waals surface area (Å²) < 4.78 is 39.9. The Hall–Kier alpha value is -2.25. The molecule has 3 aromatic rings. The maximum absolute atomic E-state index is 13.0. The van der Waals surface area contributed by atoms with E-state index in [9.17, 15) is 12.8 Å². The highest BCUT2D eigenvalue weighted by atomic mass is 32.2. The van der Waals surface area contributed by atoms with Crippen molar-refractivity contribution in [2.75, 3.05) is 13.1 Å². The maximum atomic E-state index is 13.0. The molecule has 1 aliphatic rings. The Kier molecular flexibility index (Phi) is 4.05. The number of fused-ring (bicyclic) bond motifs is 1. The molecule has 1 aromatic carbocycles. The molecule has 2 aromatic heterocycles. The molecule has 1 saturated heterocycles. The summed E-state index contributed by atoms with van der Waals surface area (Å²) in [6, 6.07) is 8.95. The number of H-pyrrole nitrogens is 1. The van der Waals surface area contributed by atoms with Gasteiger partial charge in [-0.05, 0) is 60.7 Å². The molecule has 25 heavy (non-hydrogen) atoms. The van der Waals surface area contributed by atoms with Crippen LogP contribution >= 0.6 is 0 Å².